The number of hydrogen-bond donors (Lipinski definition) is 1. The van der Waals surface area contributed by atoms with Crippen LogP contribution < -0.4 is 9.47 Å². The number of carboxylic acid groups (broad SMARTS) is 1. The third-order valence-corrected chi connectivity index (χ3v) is 2.09. The van der Waals surface area contributed by atoms with Gasteiger partial charge in [-0.05, 0) is 30.2 Å². The summed E-state index contributed by atoms with van der Waals surface area (Å²) < 4.78 is 33.2. The highest BCUT2D eigenvalue weighted by Gasteiger charge is 2.10. The van der Waals surface area contributed by atoms with Crippen LogP contribution in [0.1, 0.15) is 12.0 Å². The minimum atomic E-state index is -2.91. The second-order valence-electron chi connectivity index (χ2n) is 3.25. The second-order valence-corrected chi connectivity index (χ2v) is 3.25. The highest BCUT2D eigenvalue weighted by molar-refractivity contribution is 5.67. The average molecular weight is 246 g/mol. The molecule has 0 spiro atoms. The Morgan fingerprint density at radius 3 is 2.71 bits per heavy atom. The Balaban J connectivity index is 2.85. The minimum absolute atomic E-state index is 0.0128. The number of benzene rings is 1. The van der Waals surface area contributed by atoms with Crippen molar-refractivity contribution in [2.24, 2.45) is 0 Å². The van der Waals surface area contributed by atoms with Crippen molar-refractivity contribution in [1.82, 2.24) is 0 Å². The maximum Gasteiger partial charge on any atom is 0.387 e. The molecule has 0 unspecified atom stereocenters. The van der Waals surface area contributed by atoms with Crippen molar-refractivity contribution in [3.05, 3.63) is 23.8 Å². The fourth-order valence-corrected chi connectivity index (χ4v) is 1.37. The molecule has 1 N–H and O–H groups in total. The topological polar surface area (TPSA) is 55.8 Å². The van der Waals surface area contributed by atoms with E-state index in [2.05, 4.69) is 4.74 Å². The van der Waals surface area contributed by atoms with Crippen molar-refractivity contribution in [2.45, 2.75) is 19.5 Å². The molecule has 0 aliphatic heterocycles. The van der Waals surface area contributed by atoms with Crippen LogP contribution in [0.25, 0.3) is 0 Å². The van der Waals surface area contributed by atoms with Gasteiger partial charge in [-0.3, -0.25) is 4.79 Å². The molecule has 1 aromatic rings. The summed E-state index contributed by atoms with van der Waals surface area (Å²) in [4.78, 5) is 10.4. The summed E-state index contributed by atoms with van der Waals surface area (Å²) in [5, 5.41) is 8.56. The van der Waals surface area contributed by atoms with E-state index in [1.165, 1.54) is 25.3 Å². The Hall–Kier alpha value is -1.85. The van der Waals surface area contributed by atoms with Crippen LogP contribution in [-0.4, -0.2) is 24.8 Å². The van der Waals surface area contributed by atoms with Crippen molar-refractivity contribution in [3.63, 3.8) is 0 Å². The van der Waals surface area contributed by atoms with Gasteiger partial charge in [0.05, 0.1) is 7.11 Å². The molecule has 6 heteroatoms. The lowest BCUT2D eigenvalue weighted by Gasteiger charge is -2.10. The van der Waals surface area contributed by atoms with Gasteiger partial charge in [0.15, 0.2) is 0 Å². The molecule has 0 aliphatic carbocycles. The molecule has 94 valence electrons. The minimum Gasteiger partial charge on any atom is -0.496 e. The summed E-state index contributed by atoms with van der Waals surface area (Å²) in [6, 6.07) is 4.16. The molecule has 0 radical (unpaired) electrons. The van der Waals surface area contributed by atoms with Crippen LogP contribution >= 0.6 is 0 Å². The number of alkyl halides is 2. The molecule has 0 heterocycles. The highest BCUT2D eigenvalue weighted by Crippen LogP contribution is 2.26. The summed E-state index contributed by atoms with van der Waals surface area (Å²) in [5.41, 5.74) is 0.521. The number of ether oxygens (including phenoxy) is 2. The number of hydrogen-bond acceptors (Lipinski definition) is 3. The number of halogens is 2. The summed E-state index contributed by atoms with van der Waals surface area (Å²) >= 11 is 0. The molecule has 0 aromatic heterocycles. The lowest BCUT2D eigenvalue weighted by molar-refractivity contribution is -0.136. The van der Waals surface area contributed by atoms with E-state index in [0.717, 1.165) is 0 Å². The molecule has 4 nitrogen and oxygen atoms in total. The first-order valence-corrected chi connectivity index (χ1v) is 4.86. The predicted octanol–water partition coefficient (Wildman–Crippen LogP) is 2.31. The Labute approximate surface area is 96.8 Å². The molecule has 17 heavy (non-hydrogen) atoms. The first kappa shape index (κ1) is 13.2. The number of carboxylic acids is 1. The Morgan fingerprint density at radius 1 is 1.47 bits per heavy atom. The molecule has 0 aliphatic rings. The van der Waals surface area contributed by atoms with Crippen LogP contribution in [0.15, 0.2) is 18.2 Å². The molecule has 0 bridgehead atoms. The average Bonchev–Trinajstić information content (AvgIpc) is 2.25. The van der Waals surface area contributed by atoms with E-state index in [4.69, 9.17) is 9.84 Å². The van der Waals surface area contributed by atoms with Gasteiger partial charge in [0, 0.05) is 6.42 Å². The number of rotatable bonds is 6. The van der Waals surface area contributed by atoms with Crippen LogP contribution in [-0.2, 0) is 11.2 Å². The first-order chi connectivity index (χ1) is 8.02. The lowest BCUT2D eigenvalue weighted by Crippen LogP contribution is -2.04. The quantitative estimate of drug-likeness (QED) is 0.836. The van der Waals surface area contributed by atoms with Crippen molar-refractivity contribution in [3.8, 4) is 11.5 Å². The van der Waals surface area contributed by atoms with Crippen LogP contribution in [0.4, 0.5) is 8.78 Å². The van der Waals surface area contributed by atoms with Crippen molar-refractivity contribution >= 4 is 5.97 Å². The van der Waals surface area contributed by atoms with Gasteiger partial charge in [0.25, 0.3) is 0 Å². The number of methoxy groups -OCH3 is 1. The SMILES string of the molecule is COc1ccc(OC(F)F)cc1CCC(=O)O. The molecule has 0 amide bonds. The van der Waals surface area contributed by atoms with Gasteiger partial charge in [-0.1, -0.05) is 0 Å². The van der Waals surface area contributed by atoms with E-state index in [1.54, 1.807) is 0 Å². The summed E-state index contributed by atoms with van der Waals surface area (Å²) in [6.07, 6.45) is 0.0907. The molecule has 0 saturated carbocycles. The van der Waals surface area contributed by atoms with E-state index in [9.17, 15) is 13.6 Å². The maximum absolute atomic E-state index is 12.0. The normalized spacial score (nSPS) is 10.4. The van der Waals surface area contributed by atoms with Crippen LogP contribution in [0.2, 0.25) is 0 Å². The predicted molar refractivity (Wildman–Crippen MR) is 55.6 cm³/mol. The third-order valence-electron chi connectivity index (χ3n) is 2.09. The summed E-state index contributed by atoms with van der Waals surface area (Å²) in [7, 11) is 1.42. The van der Waals surface area contributed by atoms with Gasteiger partial charge < -0.3 is 14.6 Å². The van der Waals surface area contributed by atoms with Crippen molar-refractivity contribution in [1.29, 1.82) is 0 Å². The maximum atomic E-state index is 12.0. The Kier molecular flexibility index (Phi) is 4.68. The molecule has 0 fully saturated rings. The van der Waals surface area contributed by atoms with E-state index < -0.39 is 12.6 Å². The first-order valence-electron chi connectivity index (χ1n) is 4.86. The second kappa shape index (κ2) is 6.03. The van der Waals surface area contributed by atoms with Crippen molar-refractivity contribution < 1.29 is 28.2 Å². The smallest absolute Gasteiger partial charge is 0.387 e. The number of carbonyl (C=O) groups is 1. The van der Waals surface area contributed by atoms with Gasteiger partial charge in [-0.25, -0.2) is 0 Å². The third kappa shape index (κ3) is 4.26. The molecule has 1 aromatic carbocycles. The molecular formula is C11H12F2O4. The van der Waals surface area contributed by atoms with Gasteiger partial charge >= 0.3 is 12.6 Å². The number of aryl methyl sites for hydroxylation is 1. The molecule has 0 atom stereocenters. The van der Waals surface area contributed by atoms with Gasteiger partial charge in [0.1, 0.15) is 11.5 Å². The van der Waals surface area contributed by atoms with E-state index in [0.29, 0.717) is 11.3 Å². The standard InChI is InChI=1S/C11H12F2O4/c1-16-9-4-3-8(17-11(12)13)6-7(9)2-5-10(14)15/h3-4,6,11H,2,5H2,1H3,(H,14,15). The molecule has 1 rings (SSSR count). The van der Waals surface area contributed by atoms with Gasteiger partial charge in [-0.2, -0.15) is 8.78 Å². The van der Waals surface area contributed by atoms with E-state index in [-0.39, 0.29) is 18.6 Å². The Morgan fingerprint density at radius 2 is 2.18 bits per heavy atom. The molecular weight excluding hydrogens is 234 g/mol. The van der Waals surface area contributed by atoms with Gasteiger partial charge in [0.2, 0.25) is 0 Å². The zero-order chi connectivity index (χ0) is 12.8. The zero-order valence-electron chi connectivity index (χ0n) is 9.15. The number of aliphatic carboxylic acids is 1. The summed E-state index contributed by atoms with van der Waals surface area (Å²) in [5.74, 6) is -0.527. The Bertz CT molecular complexity index is 393. The van der Waals surface area contributed by atoms with E-state index in [1.807, 2.05) is 0 Å². The fourth-order valence-electron chi connectivity index (χ4n) is 1.37. The molecule has 0 saturated heterocycles. The van der Waals surface area contributed by atoms with Crippen LogP contribution in [0.5, 0.6) is 11.5 Å². The fraction of sp³-hybridized carbons (Fsp3) is 0.364. The lowest BCUT2D eigenvalue weighted by atomic mass is 10.1. The van der Waals surface area contributed by atoms with Gasteiger partial charge in [-0.15, -0.1) is 0 Å². The van der Waals surface area contributed by atoms with E-state index >= 15 is 0 Å². The highest BCUT2D eigenvalue weighted by atomic mass is 19.3. The summed E-state index contributed by atoms with van der Waals surface area (Å²) in [6.45, 7) is -2.91. The monoisotopic (exact) mass is 246 g/mol. The van der Waals surface area contributed by atoms with Crippen molar-refractivity contribution in [2.75, 3.05) is 7.11 Å². The largest absolute Gasteiger partial charge is 0.496 e. The van der Waals surface area contributed by atoms with Crippen LogP contribution in [0.3, 0.4) is 0 Å². The van der Waals surface area contributed by atoms with Crippen LogP contribution in [0, 0.1) is 0 Å². The zero-order valence-corrected chi connectivity index (χ0v) is 9.15.